The number of halogens is 1. The molecule has 4 heteroatoms. The Morgan fingerprint density at radius 3 is 1.73 bits per heavy atom. The fourth-order valence-electron chi connectivity index (χ4n) is 0.342. The van der Waals surface area contributed by atoms with Crippen LogP contribution in [0.25, 0.3) is 0 Å². The number of hydrogen-bond acceptors (Lipinski definition) is 1. The third-order valence-electron chi connectivity index (χ3n) is 0.607. The molecule has 0 saturated heterocycles. The number of nitrogens with one attached hydrogen (secondary N) is 1. The summed E-state index contributed by atoms with van der Waals surface area (Å²) in [5, 5.41) is 7.42. The largest absolute Gasteiger partial charge is 1.00 e. The first kappa shape index (κ1) is 12.7. The fraction of sp³-hybridized carbons (Fsp3) is 0.143. The van der Waals surface area contributed by atoms with Crippen molar-refractivity contribution in [3.8, 4) is 0 Å². The molecule has 1 rings (SSSR count). The van der Waals surface area contributed by atoms with Gasteiger partial charge in [-0.3, -0.25) is 4.79 Å². The summed E-state index contributed by atoms with van der Waals surface area (Å²) in [6, 6.07) is 5.86. The van der Waals surface area contributed by atoms with Crippen molar-refractivity contribution < 1.29 is 31.9 Å². The number of hydrogen-bond donors (Lipinski definition) is 1. The molecule has 11 heavy (non-hydrogen) atoms. The molecule has 3 nitrogen and oxygen atoms in total. The molecule has 0 aromatic carbocycles. The zero-order valence-electron chi connectivity index (χ0n) is 6.12. The highest BCUT2D eigenvalue weighted by Crippen LogP contribution is 1.68. The monoisotopic (exact) mass is 219 g/mol. The number of aromatic nitrogens is 1. The van der Waals surface area contributed by atoms with Crippen molar-refractivity contribution in [3.63, 3.8) is 0 Å². The Morgan fingerprint density at radius 2 is 1.64 bits per heavy atom. The molecule has 0 saturated carbocycles. The lowest BCUT2D eigenvalue weighted by Crippen LogP contribution is -3.00. The normalized spacial score (nSPS) is 6.64. The van der Waals surface area contributed by atoms with Crippen molar-refractivity contribution >= 4 is 5.97 Å². The minimum Gasteiger partial charge on any atom is -1.00 e. The summed E-state index contributed by atoms with van der Waals surface area (Å²) in [7, 11) is 0. The van der Waals surface area contributed by atoms with Gasteiger partial charge in [0.15, 0.2) is 12.4 Å². The second-order valence-corrected chi connectivity index (χ2v) is 1.60. The number of rotatable bonds is 0. The molecule has 62 valence electrons. The van der Waals surface area contributed by atoms with E-state index in [2.05, 4.69) is 4.98 Å². The average Bonchev–Trinajstić information content (AvgIpc) is 1.90. The SMILES string of the molecule is CC(=O)O.[Br-].c1cc[nH+]cc1. The maximum Gasteiger partial charge on any atom is 0.300 e. The summed E-state index contributed by atoms with van der Waals surface area (Å²) in [4.78, 5) is 11.9. The van der Waals surface area contributed by atoms with Crippen LogP contribution in [0.1, 0.15) is 6.92 Å². The van der Waals surface area contributed by atoms with Crippen LogP contribution < -0.4 is 22.0 Å². The molecular formula is C7H10BrNO2. The summed E-state index contributed by atoms with van der Waals surface area (Å²) < 4.78 is 0. The number of H-pyrrole nitrogens is 1. The van der Waals surface area contributed by atoms with Crippen molar-refractivity contribution in [1.82, 2.24) is 0 Å². The lowest BCUT2D eigenvalue weighted by atomic mass is 10.5. The average molecular weight is 220 g/mol. The number of pyridine rings is 1. The molecular weight excluding hydrogens is 210 g/mol. The quantitative estimate of drug-likeness (QED) is 0.529. The van der Waals surface area contributed by atoms with Crippen LogP contribution in [0.2, 0.25) is 0 Å². The molecule has 0 spiro atoms. The molecule has 1 aromatic rings. The van der Waals surface area contributed by atoms with E-state index in [1.807, 2.05) is 30.6 Å². The van der Waals surface area contributed by atoms with Crippen LogP contribution in [0.5, 0.6) is 0 Å². The van der Waals surface area contributed by atoms with Gasteiger partial charge < -0.3 is 22.1 Å². The molecule has 0 bridgehead atoms. The molecule has 0 aliphatic heterocycles. The molecule has 2 N–H and O–H groups in total. The minimum atomic E-state index is -0.833. The summed E-state index contributed by atoms with van der Waals surface area (Å²) in [5.41, 5.74) is 0. The van der Waals surface area contributed by atoms with Crippen molar-refractivity contribution in [2.24, 2.45) is 0 Å². The molecule has 0 aliphatic rings. The third-order valence-corrected chi connectivity index (χ3v) is 0.607. The van der Waals surface area contributed by atoms with E-state index >= 15 is 0 Å². The standard InChI is InChI=1S/C5H5N.C2H4O2.BrH/c1-2-4-6-5-3-1;1-2(3)4;/h1-5H;1H3,(H,3,4);1H. The highest BCUT2D eigenvalue weighted by atomic mass is 79.9. The van der Waals surface area contributed by atoms with Crippen LogP contribution in [0.15, 0.2) is 30.6 Å². The second kappa shape index (κ2) is 9.10. The van der Waals surface area contributed by atoms with Gasteiger partial charge in [0, 0.05) is 19.1 Å². The van der Waals surface area contributed by atoms with E-state index in [-0.39, 0.29) is 17.0 Å². The number of carbonyl (C=O) groups is 1. The maximum atomic E-state index is 9.00. The van der Waals surface area contributed by atoms with Crippen molar-refractivity contribution in [1.29, 1.82) is 0 Å². The van der Waals surface area contributed by atoms with E-state index in [1.165, 1.54) is 0 Å². The van der Waals surface area contributed by atoms with Crippen LogP contribution in [0, 0.1) is 0 Å². The Bertz CT molecular complexity index is 148. The van der Waals surface area contributed by atoms with E-state index in [0.29, 0.717) is 0 Å². The van der Waals surface area contributed by atoms with Gasteiger partial charge in [-0.05, 0) is 0 Å². The Hall–Kier alpha value is -0.900. The van der Waals surface area contributed by atoms with Crippen molar-refractivity contribution in [2.45, 2.75) is 6.92 Å². The molecule has 1 heterocycles. The number of aromatic amines is 1. The van der Waals surface area contributed by atoms with Crippen LogP contribution in [0.3, 0.4) is 0 Å². The first-order valence-electron chi connectivity index (χ1n) is 2.84. The predicted molar refractivity (Wildman–Crippen MR) is 36.3 cm³/mol. The molecule has 1 aromatic heterocycles. The van der Waals surface area contributed by atoms with Gasteiger partial charge in [-0.2, -0.15) is 0 Å². The van der Waals surface area contributed by atoms with E-state index in [4.69, 9.17) is 9.90 Å². The van der Waals surface area contributed by atoms with E-state index in [0.717, 1.165) is 6.92 Å². The van der Waals surface area contributed by atoms with Crippen molar-refractivity contribution in [2.75, 3.05) is 0 Å². The van der Waals surface area contributed by atoms with Gasteiger partial charge in [0.05, 0.1) is 0 Å². The molecule has 0 aliphatic carbocycles. The smallest absolute Gasteiger partial charge is 0.300 e. The van der Waals surface area contributed by atoms with Gasteiger partial charge in [-0.1, -0.05) is 6.07 Å². The lowest BCUT2D eigenvalue weighted by Gasteiger charge is -1.63. The van der Waals surface area contributed by atoms with Gasteiger partial charge in [0.2, 0.25) is 0 Å². The number of aliphatic carboxylic acids is 1. The summed E-state index contributed by atoms with van der Waals surface area (Å²) in [6.07, 6.45) is 3.75. The molecule has 0 unspecified atom stereocenters. The van der Waals surface area contributed by atoms with Gasteiger partial charge in [0.25, 0.3) is 5.97 Å². The third kappa shape index (κ3) is 17.6. The topological polar surface area (TPSA) is 51.4 Å². The highest BCUT2D eigenvalue weighted by Gasteiger charge is 1.66. The highest BCUT2D eigenvalue weighted by molar-refractivity contribution is 5.62. The van der Waals surface area contributed by atoms with Gasteiger partial charge >= 0.3 is 0 Å². The Kier molecular flexibility index (Phi) is 10.5. The molecule has 0 atom stereocenters. The van der Waals surface area contributed by atoms with Crippen molar-refractivity contribution in [3.05, 3.63) is 30.6 Å². The summed E-state index contributed by atoms with van der Waals surface area (Å²) >= 11 is 0. The predicted octanol–water partition coefficient (Wildman–Crippen LogP) is -2.40. The number of carboxylic acid groups (broad SMARTS) is 1. The van der Waals surface area contributed by atoms with Crippen LogP contribution in [-0.2, 0) is 4.79 Å². The van der Waals surface area contributed by atoms with Gasteiger partial charge in [-0.15, -0.1) is 0 Å². The second-order valence-electron chi connectivity index (χ2n) is 1.60. The molecule has 0 amide bonds. The first-order valence-corrected chi connectivity index (χ1v) is 2.84. The van der Waals surface area contributed by atoms with Crippen LogP contribution in [0.4, 0.5) is 0 Å². The molecule has 0 radical (unpaired) electrons. The number of carboxylic acids is 1. The van der Waals surface area contributed by atoms with Crippen LogP contribution >= 0.6 is 0 Å². The van der Waals surface area contributed by atoms with Gasteiger partial charge in [-0.25, -0.2) is 4.98 Å². The van der Waals surface area contributed by atoms with E-state index in [9.17, 15) is 0 Å². The lowest BCUT2D eigenvalue weighted by molar-refractivity contribution is -0.377. The maximum absolute atomic E-state index is 9.00. The first-order chi connectivity index (χ1) is 4.73. The molecule has 0 fully saturated rings. The van der Waals surface area contributed by atoms with Crippen LogP contribution in [-0.4, -0.2) is 11.1 Å². The summed E-state index contributed by atoms with van der Waals surface area (Å²) in [6.45, 7) is 1.08. The zero-order chi connectivity index (χ0) is 7.82. The Balaban J connectivity index is 0. The van der Waals surface area contributed by atoms with E-state index < -0.39 is 5.97 Å². The Morgan fingerprint density at radius 1 is 1.27 bits per heavy atom. The fourth-order valence-corrected chi connectivity index (χ4v) is 0.342. The van der Waals surface area contributed by atoms with E-state index in [1.54, 1.807) is 0 Å². The minimum absolute atomic E-state index is 0. The Labute approximate surface area is 75.9 Å². The van der Waals surface area contributed by atoms with Gasteiger partial charge in [0.1, 0.15) is 0 Å². The summed E-state index contributed by atoms with van der Waals surface area (Å²) in [5.74, 6) is -0.833. The zero-order valence-corrected chi connectivity index (χ0v) is 7.71.